The number of aryl methyl sites for hydroxylation is 1. The summed E-state index contributed by atoms with van der Waals surface area (Å²) in [7, 11) is 0. The maximum absolute atomic E-state index is 11.8. The van der Waals surface area contributed by atoms with Crippen molar-refractivity contribution in [3.63, 3.8) is 0 Å². The van der Waals surface area contributed by atoms with Crippen LogP contribution in [0.25, 0.3) is 11.4 Å². The van der Waals surface area contributed by atoms with Crippen LogP contribution < -0.4 is 0 Å². The molecule has 0 radical (unpaired) electrons. The topological polar surface area (TPSA) is 65.2 Å². The van der Waals surface area contributed by atoms with Gasteiger partial charge in [0.1, 0.15) is 4.88 Å². The second-order valence-corrected chi connectivity index (χ2v) is 6.46. The lowest BCUT2D eigenvalue weighted by molar-refractivity contribution is 0.0435. The summed E-state index contributed by atoms with van der Waals surface area (Å²) in [6.07, 6.45) is 0.973. The van der Waals surface area contributed by atoms with Crippen LogP contribution in [-0.2, 0) is 17.8 Å². The Morgan fingerprint density at radius 2 is 2.04 bits per heavy atom. The van der Waals surface area contributed by atoms with Crippen molar-refractivity contribution in [2.45, 2.75) is 20.0 Å². The summed E-state index contributed by atoms with van der Waals surface area (Å²) < 4.78 is 10.8. The minimum atomic E-state index is -0.464. The van der Waals surface area contributed by atoms with Crippen LogP contribution in [0, 0.1) is 0 Å². The number of ether oxygens (including phenoxy) is 1. The number of benzene rings is 1. The van der Waals surface area contributed by atoms with Crippen molar-refractivity contribution in [1.29, 1.82) is 0 Å². The molecule has 0 N–H and O–H groups in total. The lowest BCUT2D eigenvalue weighted by Gasteiger charge is -1.98. The van der Waals surface area contributed by atoms with E-state index in [9.17, 15) is 4.79 Å². The van der Waals surface area contributed by atoms with Crippen LogP contribution in [-0.4, -0.2) is 16.1 Å². The van der Waals surface area contributed by atoms with E-state index in [4.69, 9.17) is 20.9 Å². The van der Waals surface area contributed by atoms with Crippen LogP contribution in [0.2, 0.25) is 4.34 Å². The van der Waals surface area contributed by atoms with Gasteiger partial charge in [0, 0.05) is 5.56 Å². The van der Waals surface area contributed by atoms with Crippen LogP contribution >= 0.6 is 22.9 Å². The number of aromatic nitrogens is 2. The Bertz CT molecular complexity index is 811. The summed E-state index contributed by atoms with van der Waals surface area (Å²) in [6, 6.07) is 11.2. The standard InChI is InChI=1S/C16H13ClN2O3S/c1-2-10-3-5-11(6-4-10)15-18-14(22-19-15)9-21-16(20)12-7-8-13(17)23-12/h3-8H,2,9H2,1H3. The van der Waals surface area contributed by atoms with E-state index in [-0.39, 0.29) is 12.5 Å². The number of nitrogens with zero attached hydrogens (tertiary/aromatic N) is 2. The molecular formula is C16H13ClN2O3S. The van der Waals surface area contributed by atoms with Gasteiger partial charge in [-0.05, 0) is 24.1 Å². The van der Waals surface area contributed by atoms with Crippen LogP contribution in [0.15, 0.2) is 40.9 Å². The fourth-order valence-corrected chi connectivity index (χ4v) is 2.88. The molecule has 23 heavy (non-hydrogen) atoms. The zero-order valence-corrected chi connectivity index (χ0v) is 13.9. The lowest BCUT2D eigenvalue weighted by atomic mass is 10.1. The maximum atomic E-state index is 11.8. The van der Waals surface area contributed by atoms with Gasteiger partial charge >= 0.3 is 5.97 Å². The molecule has 0 amide bonds. The number of hydrogen-bond acceptors (Lipinski definition) is 6. The first kappa shape index (κ1) is 15.7. The lowest BCUT2D eigenvalue weighted by Crippen LogP contribution is -2.03. The summed E-state index contributed by atoms with van der Waals surface area (Å²) in [6.45, 7) is 2.02. The predicted molar refractivity (Wildman–Crippen MR) is 87.6 cm³/mol. The number of hydrogen-bond donors (Lipinski definition) is 0. The molecule has 0 fully saturated rings. The highest BCUT2D eigenvalue weighted by Gasteiger charge is 2.14. The van der Waals surface area contributed by atoms with Crippen molar-refractivity contribution in [2.75, 3.05) is 0 Å². The molecule has 3 rings (SSSR count). The Morgan fingerprint density at radius 3 is 2.70 bits per heavy atom. The molecule has 0 atom stereocenters. The van der Waals surface area contributed by atoms with Crippen molar-refractivity contribution in [3.8, 4) is 11.4 Å². The maximum Gasteiger partial charge on any atom is 0.348 e. The normalized spacial score (nSPS) is 10.7. The van der Waals surface area contributed by atoms with Crippen molar-refractivity contribution in [2.24, 2.45) is 0 Å². The summed E-state index contributed by atoms with van der Waals surface area (Å²) in [5.41, 5.74) is 2.09. The molecule has 2 heterocycles. The van der Waals surface area contributed by atoms with Gasteiger partial charge in [-0.25, -0.2) is 4.79 Å². The van der Waals surface area contributed by atoms with E-state index in [2.05, 4.69) is 17.1 Å². The van der Waals surface area contributed by atoms with E-state index in [0.29, 0.717) is 15.0 Å². The van der Waals surface area contributed by atoms with Gasteiger partial charge in [-0.1, -0.05) is 47.9 Å². The summed E-state index contributed by atoms with van der Waals surface area (Å²) in [5.74, 6) is 0.252. The molecule has 7 heteroatoms. The Labute approximate surface area is 141 Å². The number of halogens is 1. The molecule has 2 aromatic heterocycles. The fraction of sp³-hybridized carbons (Fsp3) is 0.188. The number of carbonyl (C=O) groups is 1. The molecule has 1 aromatic carbocycles. The van der Waals surface area contributed by atoms with E-state index in [1.54, 1.807) is 12.1 Å². The third kappa shape index (κ3) is 3.78. The highest BCUT2D eigenvalue weighted by Crippen LogP contribution is 2.22. The van der Waals surface area contributed by atoms with Gasteiger partial charge in [-0.2, -0.15) is 4.98 Å². The Morgan fingerprint density at radius 1 is 1.26 bits per heavy atom. The zero-order chi connectivity index (χ0) is 16.2. The van der Waals surface area contributed by atoms with Crippen LogP contribution in [0.3, 0.4) is 0 Å². The molecule has 0 unspecified atom stereocenters. The molecule has 0 aliphatic heterocycles. The van der Waals surface area contributed by atoms with Gasteiger partial charge in [-0.3, -0.25) is 0 Å². The first-order chi connectivity index (χ1) is 11.2. The van der Waals surface area contributed by atoms with Crippen molar-refractivity contribution in [1.82, 2.24) is 10.1 Å². The molecular weight excluding hydrogens is 336 g/mol. The largest absolute Gasteiger partial charge is 0.451 e. The summed E-state index contributed by atoms with van der Waals surface area (Å²) in [5, 5.41) is 3.90. The van der Waals surface area contributed by atoms with E-state index >= 15 is 0 Å². The number of thiophene rings is 1. The van der Waals surface area contributed by atoms with Gasteiger partial charge in [-0.15, -0.1) is 11.3 Å². The summed E-state index contributed by atoms with van der Waals surface area (Å²) in [4.78, 5) is 16.5. The molecule has 0 saturated carbocycles. The summed E-state index contributed by atoms with van der Waals surface area (Å²) >= 11 is 6.94. The Balaban J connectivity index is 1.63. The average molecular weight is 349 g/mol. The Kier molecular flexibility index (Phi) is 4.73. The third-order valence-electron chi connectivity index (χ3n) is 3.19. The second kappa shape index (κ2) is 6.93. The SMILES string of the molecule is CCc1ccc(-c2noc(COC(=O)c3ccc(Cl)s3)n2)cc1. The minimum absolute atomic E-state index is 0.0750. The van der Waals surface area contributed by atoms with Crippen LogP contribution in [0.4, 0.5) is 0 Å². The van der Waals surface area contributed by atoms with Crippen LogP contribution in [0.1, 0.15) is 28.0 Å². The van der Waals surface area contributed by atoms with E-state index in [1.165, 1.54) is 5.56 Å². The third-order valence-corrected chi connectivity index (χ3v) is 4.40. The number of rotatable bonds is 5. The van der Waals surface area contributed by atoms with Gasteiger partial charge in [0.2, 0.25) is 5.82 Å². The molecule has 0 bridgehead atoms. The van der Waals surface area contributed by atoms with E-state index < -0.39 is 5.97 Å². The minimum Gasteiger partial charge on any atom is -0.451 e. The quantitative estimate of drug-likeness (QED) is 0.640. The van der Waals surface area contributed by atoms with Crippen molar-refractivity contribution < 1.29 is 14.1 Å². The van der Waals surface area contributed by atoms with E-state index in [0.717, 1.165) is 23.3 Å². The smallest absolute Gasteiger partial charge is 0.348 e. The zero-order valence-electron chi connectivity index (χ0n) is 12.3. The Hall–Kier alpha value is -2.18. The predicted octanol–water partition coefficient (Wildman–Crippen LogP) is 4.37. The molecule has 0 spiro atoms. The second-order valence-electron chi connectivity index (χ2n) is 4.74. The highest BCUT2D eigenvalue weighted by molar-refractivity contribution is 7.17. The fourth-order valence-electron chi connectivity index (χ4n) is 1.94. The first-order valence-corrected chi connectivity index (χ1v) is 8.19. The van der Waals surface area contributed by atoms with Crippen molar-refractivity contribution >= 4 is 28.9 Å². The van der Waals surface area contributed by atoms with Gasteiger partial charge in [0.05, 0.1) is 4.34 Å². The molecule has 0 aliphatic carbocycles. The number of carbonyl (C=O) groups excluding carboxylic acids is 1. The van der Waals surface area contributed by atoms with Gasteiger partial charge in [0.15, 0.2) is 6.61 Å². The van der Waals surface area contributed by atoms with Crippen molar-refractivity contribution in [3.05, 3.63) is 57.1 Å². The van der Waals surface area contributed by atoms with Crippen LogP contribution in [0.5, 0.6) is 0 Å². The molecule has 3 aromatic rings. The molecule has 0 saturated heterocycles. The average Bonchev–Trinajstić information content (AvgIpc) is 3.22. The highest BCUT2D eigenvalue weighted by atomic mass is 35.5. The molecule has 118 valence electrons. The van der Waals surface area contributed by atoms with E-state index in [1.807, 2.05) is 24.3 Å². The molecule has 5 nitrogen and oxygen atoms in total. The monoisotopic (exact) mass is 348 g/mol. The van der Waals surface area contributed by atoms with Gasteiger partial charge in [0.25, 0.3) is 5.89 Å². The number of esters is 1. The van der Waals surface area contributed by atoms with Gasteiger partial charge < -0.3 is 9.26 Å². The molecule has 0 aliphatic rings. The first-order valence-electron chi connectivity index (χ1n) is 7.00.